The Hall–Kier alpha value is -1.35. The average molecular weight is 366 g/mol. The summed E-state index contributed by atoms with van der Waals surface area (Å²) >= 11 is 0. The quantitative estimate of drug-likeness (QED) is 0.628. The second kappa shape index (κ2) is 9.71. The normalized spacial score (nSPS) is 12.2. The summed E-state index contributed by atoms with van der Waals surface area (Å²) in [5, 5.41) is 5.59. The summed E-state index contributed by atoms with van der Waals surface area (Å²) < 4.78 is 32.5. The standard InChI is InChI=1S/C14H23N3O4S.ClH/c1-10(15-3)8-17-22(19,20)14-7-12(9-16-11(2)18)5-6-13(14)21-4;/h5-7,10,15,17H,8-9H2,1-4H3,(H,16,18);1H. The molecule has 0 aliphatic heterocycles. The molecular weight excluding hydrogens is 342 g/mol. The van der Waals surface area contributed by atoms with Gasteiger partial charge in [-0.25, -0.2) is 13.1 Å². The topological polar surface area (TPSA) is 96.5 Å². The van der Waals surface area contributed by atoms with Crippen LogP contribution in [0.25, 0.3) is 0 Å². The maximum atomic E-state index is 12.4. The molecular formula is C14H24ClN3O4S. The van der Waals surface area contributed by atoms with Gasteiger partial charge in [-0.15, -0.1) is 12.4 Å². The van der Waals surface area contributed by atoms with Crippen molar-refractivity contribution in [1.82, 2.24) is 15.4 Å². The highest BCUT2D eigenvalue weighted by Gasteiger charge is 2.20. The predicted octanol–water partition coefficient (Wildman–Crippen LogP) is 0.639. The number of hydrogen-bond acceptors (Lipinski definition) is 5. The minimum Gasteiger partial charge on any atom is -0.495 e. The van der Waals surface area contributed by atoms with Crippen LogP contribution in [0.1, 0.15) is 19.4 Å². The zero-order valence-electron chi connectivity index (χ0n) is 13.7. The fourth-order valence-electron chi connectivity index (χ4n) is 1.68. The van der Waals surface area contributed by atoms with Gasteiger partial charge in [0, 0.05) is 26.1 Å². The Morgan fingerprint density at radius 1 is 1.35 bits per heavy atom. The summed E-state index contributed by atoms with van der Waals surface area (Å²) in [6, 6.07) is 4.79. The van der Waals surface area contributed by atoms with E-state index >= 15 is 0 Å². The second-order valence-electron chi connectivity index (χ2n) is 4.94. The number of hydrogen-bond donors (Lipinski definition) is 3. The summed E-state index contributed by atoms with van der Waals surface area (Å²) in [7, 11) is -0.525. The fourth-order valence-corrected chi connectivity index (χ4v) is 3.03. The number of halogens is 1. The first-order chi connectivity index (χ1) is 10.3. The third kappa shape index (κ3) is 6.74. The van der Waals surface area contributed by atoms with E-state index < -0.39 is 10.0 Å². The van der Waals surface area contributed by atoms with E-state index in [-0.39, 0.29) is 48.1 Å². The molecule has 1 aromatic rings. The molecule has 1 atom stereocenters. The molecule has 0 fully saturated rings. The molecule has 1 amide bonds. The highest BCUT2D eigenvalue weighted by atomic mass is 35.5. The first-order valence-electron chi connectivity index (χ1n) is 6.88. The van der Waals surface area contributed by atoms with Crippen molar-refractivity contribution >= 4 is 28.3 Å². The van der Waals surface area contributed by atoms with E-state index in [1.54, 1.807) is 19.2 Å². The number of likely N-dealkylation sites (N-methyl/N-ethyl adjacent to an activating group) is 1. The Kier molecular flexibility index (Phi) is 9.14. The first kappa shape index (κ1) is 21.6. The van der Waals surface area contributed by atoms with Crippen molar-refractivity contribution in [3.05, 3.63) is 23.8 Å². The van der Waals surface area contributed by atoms with Gasteiger partial charge < -0.3 is 15.4 Å². The highest BCUT2D eigenvalue weighted by Crippen LogP contribution is 2.24. The SMILES string of the molecule is CNC(C)CNS(=O)(=O)c1cc(CNC(C)=O)ccc1OC.Cl. The van der Waals surface area contributed by atoms with Crippen molar-refractivity contribution in [3.8, 4) is 5.75 Å². The number of methoxy groups -OCH3 is 1. The molecule has 7 nitrogen and oxygen atoms in total. The van der Waals surface area contributed by atoms with E-state index in [4.69, 9.17) is 4.74 Å². The van der Waals surface area contributed by atoms with E-state index in [0.29, 0.717) is 5.56 Å². The molecule has 0 bridgehead atoms. The number of amides is 1. The maximum Gasteiger partial charge on any atom is 0.244 e. The van der Waals surface area contributed by atoms with Crippen molar-refractivity contribution in [3.63, 3.8) is 0 Å². The smallest absolute Gasteiger partial charge is 0.244 e. The number of ether oxygens (including phenoxy) is 1. The summed E-state index contributed by atoms with van der Waals surface area (Å²) in [6.45, 7) is 3.79. The van der Waals surface area contributed by atoms with E-state index in [0.717, 1.165) is 0 Å². The van der Waals surface area contributed by atoms with Crippen LogP contribution in [0.3, 0.4) is 0 Å². The van der Waals surface area contributed by atoms with Gasteiger partial charge in [0.15, 0.2) is 0 Å². The van der Waals surface area contributed by atoms with Gasteiger partial charge in [-0.2, -0.15) is 0 Å². The van der Waals surface area contributed by atoms with Crippen LogP contribution in [0.5, 0.6) is 5.75 Å². The lowest BCUT2D eigenvalue weighted by atomic mass is 10.2. The molecule has 0 radical (unpaired) electrons. The number of carbonyl (C=O) groups is 1. The van der Waals surface area contributed by atoms with Gasteiger partial charge in [-0.1, -0.05) is 6.07 Å². The number of carbonyl (C=O) groups excluding carboxylic acids is 1. The lowest BCUT2D eigenvalue weighted by Crippen LogP contribution is -2.37. The molecule has 1 unspecified atom stereocenters. The van der Waals surface area contributed by atoms with Crippen molar-refractivity contribution in [2.45, 2.75) is 31.3 Å². The fraction of sp³-hybridized carbons (Fsp3) is 0.500. The van der Waals surface area contributed by atoms with Crippen LogP contribution < -0.4 is 20.1 Å². The molecule has 23 heavy (non-hydrogen) atoms. The lowest BCUT2D eigenvalue weighted by molar-refractivity contribution is -0.119. The van der Waals surface area contributed by atoms with Crippen molar-refractivity contribution in [2.24, 2.45) is 0 Å². The molecule has 3 N–H and O–H groups in total. The third-order valence-corrected chi connectivity index (χ3v) is 4.58. The minimum absolute atomic E-state index is 0. The Morgan fingerprint density at radius 2 is 2.00 bits per heavy atom. The Bertz CT molecular complexity index is 622. The molecule has 0 heterocycles. The molecule has 0 aliphatic carbocycles. The average Bonchev–Trinajstić information content (AvgIpc) is 2.50. The lowest BCUT2D eigenvalue weighted by Gasteiger charge is -2.15. The largest absolute Gasteiger partial charge is 0.495 e. The molecule has 1 aromatic carbocycles. The third-order valence-electron chi connectivity index (χ3n) is 3.13. The molecule has 0 aromatic heterocycles. The zero-order chi connectivity index (χ0) is 16.8. The predicted molar refractivity (Wildman–Crippen MR) is 91.5 cm³/mol. The minimum atomic E-state index is -3.70. The van der Waals surface area contributed by atoms with Crippen LogP contribution in [-0.2, 0) is 21.4 Å². The van der Waals surface area contributed by atoms with Crippen LogP contribution in [0.2, 0.25) is 0 Å². The second-order valence-corrected chi connectivity index (χ2v) is 6.67. The molecule has 1 rings (SSSR count). The summed E-state index contributed by atoms with van der Waals surface area (Å²) in [4.78, 5) is 11.0. The molecule has 0 spiro atoms. The number of nitrogens with one attached hydrogen (secondary N) is 3. The van der Waals surface area contributed by atoms with Crippen LogP contribution in [-0.4, -0.2) is 41.1 Å². The number of sulfonamides is 1. The van der Waals surface area contributed by atoms with E-state index in [1.807, 2.05) is 6.92 Å². The van der Waals surface area contributed by atoms with Gasteiger partial charge in [0.1, 0.15) is 10.6 Å². The van der Waals surface area contributed by atoms with Gasteiger partial charge in [-0.05, 0) is 31.7 Å². The first-order valence-corrected chi connectivity index (χ1v) is 8.36. The summed E-state index contributed by atoms with van der Waals surface area (Å²) in [6.07, 6.45) is 0. The number of benzene rings is 1. The van der Waals surface area contributed by atoms with Crippen molar-refractivity contribution in [1.29, 1.82) is 0 Å². The maximum absolute atomic E-state index is 12.4. The van der Waals surface area contributed by atoms with Crippen molar-refractivity contribution < 1.29 is 17.9 Å². The number of rotatable bonds is 8. The van der Waals surface area contributed by atoms with Crippen LogP contribution in [0.15, 0.2) is 23.1 Å². The monoisotopic (exact) mass is 365 g/mol. The molecule has 0 saturated heterocycles. The van der Waals surface area contributed by atoms with Gasteiger partial charge in [-0.3, -0.25) is 4.79 Å². The molecule has 9 heteroatoms. The van der Waals surface area contributed by atoms with Gasteiger partial charge >= 0.3 is 0 Å². The van der Waals surface area contributed by atoms with Crippen molar-refractivity contribution in [2.75, 3.05) is 20.7 Å². The van der Waals surface area contributed by atoms with Gasteiger partial charge in [0.2, 0.25) is 15.9 Å². The van der Waals surface area contributed by atoms with Gasteiger partial charge in [0.25, 0.3) is 0 Å². The van der Waals surface area contributed by atoms with Crippen LogP contribution >= 0.6 is 12.4 Å². The highest BCUT2D eigenvalue weighted by molar-refractivity contribution is 7.89. The van der Waals surface area contributed by atoms with E-state index in [9.17, 15) is 13.2 Å². The van der Waals surface area contributed by atoms with E-state index in [1.165, 1.54) is 20.1 Å². The Balaban J connectivity index is 0.00000484. The Labute approximate surface area is 143 Å². The van der Waals surface area contributed by atoms with Crippen LogP contribution in [0.4, 0.5) is 0 Å². The molecule has 132 valence electrons. The van der Waals surface area contributed by atoms with Crippen LogP contribution in [0, 0.1) is 0 Å². The zero-order valence-corrected chi connectivity index (χ0v) is 15.3. The summed E-state index contributed by atoms with van der Waals surface area (Å²) in [5.74, 6) is 0.0809. The molecule has 0 aliphatic rings. The Morgan fingerprint density at radius 3 is 2.52 bits per heavy atom. The van der Waals surface area contributed by atoms with Gasteiger partial charge in [0.05, 0.1) is 7.11 Å². The van der Waals surface area contributed by atoms with E-state index in [2.05, 4.69) is 15.4 Å². The molecule has 0 saturated carbocycles. The summed E-state index contributed by atoms with van der Waals surface area (Å²) in [5.41, 5.74) is 0.679.